The zero-order valence-electron chi connectivity index (χ0n) is 8.49. The van der Waals surface area contributed by atoms with Gasteiger partial charge in [0.1, 0.15) is 6.10 Å². The van der Waals surface area contributed by atoms with Gasteiger partial charge in [0.2, 0.25) is 0 Å². The lowest BCUT2D eigenvalue weighted by atomic mass is 10.3. The van der Waals surface area contributed by atoms with Crippen LogP contribution in [0.5, 0.6) is 0 Å². The molecule has 0 fully saturated rings. The summed E-state index contributed by atoms with van der Waals surface area (Å²) in [5.74, 6) is -0.173. The molecule has 0 saturated heterocycles. The van der Waals surface area contributed by atoms with Gasteiger partial charge in [-0.25, -0.2) is 0 Å². The Kier molecular flexibility index (Phi) is 5.08. The molecule has 0 spiro atoms. The first-order chi connectivity index (χ1) is 5.99. The van der Waals surface area contributed by atoms with Crippen molar-refractivity contribution in [2.24, 2.45) is 0 Å². The van der Waals surface area contributed by atoms with Gasteiger partial charge in [-0.05, 0) is 13.0 Å². The zero-order chi connectivity index (χ0) is 10.5. The van der Waals surface area contributed by atoms with Crippen LogP contribution in [0.1, 0.15) is 6.92 Å². The van der Waals surface area contributed by atoms with Crippen molar-refractivity contribution in [3.63, 3.8) is 0 Å². The van der Waals surface area contributed by atoms with Crippen LogP contribution >= 0.6 is 0 Å². The molecule has 0 N–H and O–H groups in total. The number of ketones is 1. The molecule has 0 radical (unpaired) electrons. The lowest BCUT2D eigenvalue weighted by Gasteiger charge is -2.24. The first-order valence-corrected chi connectivity index (χ1v) is 6.16. The molecule has 0 aromatic carbocycles. The highest BCUT2D eigenvalue weighted by molar-refractivity contribution is 6.59. The summed E-state index contributed by atoms with van der Waals surface area (Å²) in [4.78, 5) is 11.1. The van der Waals surface area contributed by atoms with Crippen LogP contribution in [0.25, 0.3) is 0 Å². The maximum atomic E-state index is 11.1. The molecule has 1 atom stereocenters. The van der Waals surface area contributed by atoms with Gasteiger partial charge in [0, 0.05) is 20.8 Å². The van der Waals surface area contributed by atoms with Crippen molar-refractivity contribution in [2.75, 3.05) is 14.2 Å². The van der Waals surface area contributed by atoms with E-state index in [2.05, 4.69) is 6.58 Å². The normalized spacial score (nSPS) is 13.8. The van der Waals surface area contributed by atoms with E-state index in [4.69, 9.17) is 13.3 Å². The Bertz CT molecular complexity index is 189. The predicted octanol–water partition coefficient (Wildman–Crippen LogP) is 1.01. The highest BCUT2D eigenvalue weighted by Gasteiger charge is 2.35. The average molecular weight is 204 g/mol. The van der Waals surface area contributed by atoms with Gasteiger partial charge in [0.25, 0.3) is 0 Å². The number of carbonyl (C=O) groups excluding carboxylic acids is 1. The molecule has 0 amide bonds. The Hall–Kier alpha value is -0.493. The summed E-state index contributed by atoms with van der Waals surface area (Å²) >= 11 is 0. The Morgan fingerprint density at radius 2 is 1.92 bits per heavy atom. The van der Waals surface area contributed by atoms with Crippen molar-refractivity contribution < 1.29 is 18.1 Å². The monoisotopic (exact) mass is 204 g/mol. The lowest BCUT2D eigenvalue weighted by Crippen LogP contribution is -2.44. The Labute approximate surface area is 79.9 Å². The second-order valence-electron chi connectivity index (χ2n) is 2.64. The lowest BCUT2D eigenvalue weighted by molar-refractivity contribution is -0.122. The van der Waals surface area contributed by atoms with Crippen molar-refractivity contribution >= 4 is 14.6 Å². The predicted molar refractivity (Wildman–Crippen MR) is 51.4 cm³/mol. The Balaban J connectivity index is 4.24. The standard InChI is InChI=1S/C8H16O4Si/c1-6-8(9)7(2)12-13(5,10-3)11-4/h6-7H,1H2,2-5H3. The van der Waals surface area contributed by atoms with Crippen molar-refractivity contribution in [1.29, 1.82) is 0 Å². The quantitative estimate of drug-likeness (QED) is 0.478. The van der Waals surface area contributed by atoms with E-state index < -0.39 is 14.9 Å². The summed E-state index contributed by atoms with van der Waals surface area (Å²) in [6.07, 6.45) is 0.666. The van der Waals surface area contributed by atoms with Gasteiger partial charge < -0.3 is 13.3 Å². The third-order valence-corrected chi connectivity index (χ3v) is 4.00. The van der Waals surface area contributed by atoms with Crippen molar-refractivity contribution in [2.45, 2.75) is 19.6 Å². The van der Waals surface area contributed by atoms with Gasteiger partial charge in [0.15, 0.2) is 5.78 Å². The van der Waals surface area contributed by atoms with E-state index in [9.17, 15) is 4.79 Å². The molecule has 0 aliphatic rings. The third-order valence-electron chi connectivity index (χ3n) is 1.73. The van der Waals surface area contributed by atoms with Gasteiger partial charge in [-0.1, -0.05) is 6.58 Å². The maximum Gasteiger partial charge on any atom is 0.497 e. The van der Waals surface area contributed by atoms with Crippen LogP contribution in [-0.4, -0.2) is 34.9 Å². The van der Waals surface area contributed by atoms with Gasteiger partial charge in [0.05, 0.1) is 0 Å². The first kappa shape index (κ1) is 12.5. The molecule has 0 aliphatic heterocycles. The molecule has 5 heteroatoms. The van der Waals surface area contributed by atoms with Gasteiger partial charge in [-0.15, -0.1) is 0 Å². The van der Waals surface area contributed by atoms with E-state index in [1.807, 2.05) is 0 Å². The van der Waals surface area contributed by atoms with Crippen LogP contribution in [0.15, 0.2) is 12.7 Å². The first-order valence-electron chi connectivity index (χ1n) is 3.93. The van der Waals surface area contributed by atoms with E-state index in [1.165, 1.54) is 20.3 Å². The topological polar surface area (TPSA) is 44.8 Å². The summed E-state index contributed by atoms with van der Waals surface area (Å²) in [6, 6.07) is 0. The summed E-state index contributed by atoms with van der Waals surface area (Å²) in [6.45, 7) is 6.74. The second-order valence-corrected chi connectivity index (χ2v) is 5.41. The summed E-state index contributed by atoms with van der Waals surface area (Å²) < 4.78 is 15.5. The van der Waals surface area contributed by atoms with Gasteiger partial charge in [-0.3, -0.25) is 4.79 Å². The number of hydrogen-bond donors (Lipinski definition) is 0. The molecule has 4 nitrogen and oxygen atoms in total. The van der Waals surface area contributed by atoms with Gasteiger partial charge in [-0.2, -0.15) is 0 Å². The minimum absolute atomic E-state index is 0.173. The van der Waals surface area contributed by atoms with Crippen LogP contribution in [0.2, 0.25) is 6.55 Å². The van der Waals surface area contributed by atoms with E-state index >= 15 is 0 Å². The molecule has 0 saturated carbocycles. The molecule has 0 bridgehead atoms. The molecule has 76 valence electrons. The maximum absolute atomic E-state index is 11.1. The molecule has 1 unspecified atom stereocenters. The van der Waals surface area contributed by atoms with Crippen LogP contribution in [0.4, 0.5) is 0 Å². The summed E-state index contributed by atoms with van der Waals surface area (Å²) in [5, 5.41) is 0. The number of rotatable bonds is 6. The fraction of sp³-hybridized carbons (Fsp3) is 0.625. The van der Waals surface area contributed by atoms with E-state index in [1.54, 1.807) is 13.5 Å². The molecule has 0 aromatic rings. The van der Waals surface area contributed by atoms with Crippen molar-refractivity contribution in [3.8, 4) is 0 Å². The van der Waals surface area contributed by atoms with Crippen LogP contribution < -0.4 is 0 Å². The molecule has 13 heavy (non-hydrogen) atoms. The molecule has 0 heterocycles. The average Bonchev–Trinajstić information content (AvgIpc) is 2.16. The van der Waals surface area contributed by atoms with Crippen LogP contribution in [-0.2, 0) is 18.1 Å². The highest BCUT2D eigenvalue weighted by atomic mass is 28.4. The van der Waals surface area contributed by atoms with E-state index in [0.29, 0.717) is 0 Å². The van der Waals surface area contributed by atoms with Crippen molar-refractivity contribution in [3.05, 3.63) is 12.7 Å². The molecule has 0 rings (SSSR count). The fourth-order valence-corrected chi connectivity index (χ4v) is 1.84. The summed E-state index contributed by atoms with van der Waals surface area (Å²) in [5.41, 5.74) is 0. The van der Waals surface area contributed by atoms with E-state index in [0.717, 1.165) is 0 Å². The Morgan fingerprint density at radius 1 is 1.46 bits per heavy atom. The highest BCUT2D eigenvalue weighted by Crippen LogP contribution is 2.10. The number of carbonyl (C=O) groups is 1. The van der Waals surface area contributed by atoms with Crippen LogP contribution in [0, 0.1) is 0 Å². The summed E-state index contributed by atoms with van der Waals surface area (Å²) in [7, 11) is 0.394. The zero-order valence-corrected chi connectivity index (χ0v) is 9.49. The van der Waals surface area contributed by atoms with E-state index in [-0.39, 0.29) is 5.78 Å². The molecular weight excluding hydrogens is 188 g/mol. The van der Waals surface area contributed by atoms with Gasteiger partial charge >= 0.3 is 8.80 Å². The van der Waals surface area contributed by atoms with Crippen molar-refractivity contribution in [1.82, 2.24) is 0 Å². The molecule has 0 aliphatic carbocycles. The van der Waals surface area contributed by atoms with Crippen LogP contribution in [0.3, 0.4) is 0 Å². The minimum Gasteiger partial charge on any atom is -0.377 e. The fourth-order valence-electron chi connectivity index (χ4n) is 0.725. The molecular formula is C8H16O4Si. The minimum atomic E-state index is -2.61. The SMILES string of the molecule is C=CC(=O)C(C)O[Si](C)(OC)OC. The Morgan fingerprint density at radius 3 is 2.23 bits per heavy atom. The third kappa shape index (κ3) is 3.82. The number of hydrogen-bond acceptors (Lipinski definition) is 4. The second kappa shape index (κ2) is 5.28. The largest absolute Gasteiger partial charge is 0.497 e. The molecule has 0 aromatic heterocycles. The smallest absolute Gasteiger partial charge is 0.377 e.